The summed E-state index contributed by atoms with van der Waals surface area (Å²) in [7, 11) is 0. The van der Waals surface area contributed by atoms with Gasteiger partial charge in [0.15, 0.2) is 0 Å². The van der Waals surface area contributed by atoms with Crippen LogP contribution in [0.4, 0.5) is 11.6 Å². The summed E-state index contributed by atoms with van der Waals surface area (Å²) in [4.78, 5) is 38.8. The molecule has 7 nitrogen and oxygen atoms in total. The predicted octanol–water partition coefficient (Wildman–Crippen LogP) is 3.00. The molecule has 0 radical (unpaired) electrons. The maximum atomic E-state index is 12.7. The van der Waals surface area contributed by atoms with E-state index in [4.69, 9.17) is 4.98 Å². The van der Waals surface area contributed by atoms with E-state index >= 15 is 0 Å². The molecule has 7 heteroatoms. The largest absolute Gasteiger partial charge is 0.342 e. The second-order valence-electron chi connectivity index (χ2n) is 7.24. The number of rotatable bonds is 4. The van der Waals surface area contributed by atoms with E-state index in [1.54, 1.807) is 19.3 Å². The van der Waals surface area contributed by atoms with Crippen molar-refractivity contribution in [2.75, 3.05) is 23.3 Å². The standard InChI is InChI=1S/C22H23N5O2/c1-15-19(16-9-11-23-12-10-16)25-22(26-20(15)28)27-13-5-6-17(14-27)21(29)24-18-7-3-2-4-8-18/h2-4,7-12,17H,5-6,13-14H2,1H3,(H,24,29)(H,25,26,28). The van der Waals surface area contributed by atoms with Crippen LogP contribution in [0.25, 0.3) is 11.3 Å². The summed E-state index contributed by atoms with van der Waals surface area (Å²) < 4.78 is 0. The van der Waals surface area contributed by atoms with Crippen molar-refractivity contribution in [2.45, 2.75) is 19.8 Å². The number of carbonyl (C=O) groups is 1. The highest BCUT2D eigenvalue weighted by molar-refractivity contribution is 5.93. The van der Waals surface area contributed by atoms with Gasteiger partial charge in [0.2, 0.25) is 11.9 Å². The highest BCUT2D eigenvalue weighted by atomic mass is 16.2. The van der Waals surface area contributed by atoms with Crippen molar-refractivity contribution < 1.29 is 4.79 Å². The number of pyridine rings is 1. The number of hydrogen-bond acceptors (Lipinski definition) is 5. The van der Waals surface area contributed by atoms with Crippen molar-refractivity contribution in [3.63, 3.8) is 0 Å². The van der Waals surface area contributed by atoms with Gasteiger partial charge in [0.05, 0.1) is 11.6 Å². The number of hydrogen-bond donors (Lipinski definition) is 2. The molecule has 29 heavy (non-hydrogen) atoms. The van der Waals surface area contributed by atoms with Gasteiger partial charge in [-0.25, -0.2) is 4.98 Å². The molecule has 1 aliphatic rings. The smallest absolute Gasteiger partial charge is 0.255 e. The van der Waals surface area contributed by atoms with Crippen LogP contribution in [0.1, 0.15) is 18.4 Å². The fraction of sp³-hybridized carbons (Fsp3) is 0.273. The molecule has 3 aromatic rings. The Morgan fingerprint density at radius 1 is 1.17 bits per heavy atom. The Morgan fingerprint density at radius 3 is 2.69 bits per heavy atom. The zero-order valence-corrected chi connectivity index (χ0v) is 16.3. The van der Waals surface area contributed by atoms with Gasteiger partial charge in [-0.15, -0.1) is 0 Å². The van der Waals surface area contributed by atoms with Gasteiger partial charge in [-0.1, -0.05) is 18.2 Å². The first-order valence-electron chi connectivity index (χ1n) is 9.74. The molecule has 2 aromatic heterocycles. The molecule has 2 N–H and O–H groups in total. The topological polar surface area (TPSA) is 91.0 Å². The summed E-state index contributed by atoms with van der Waals surface area (Å²) in [5.41, 5.74) is 2.67. The minimum Gasteiger partial charge on any atom is -0.342 e. The summed E-state index contributed by atoms with van der Waals surface area (Å²) in [6.45, 7) is 3.02. The van der Waals surface area contributed by atoms with Gasteiger partial charge in [-0.05, 0) is 44.0 Å². The van der Waals surface area contributed by atoms with E-state index in [9.17, 15) is 9.59 Å². The van der Waals surface area contributed by atoms with Crippen molar-refractivity contribution in [1.29, 1.82) is 0 Å². The first-order valence-corrected chi connectivity index (χ1v) is 9.74. The average Bonchev–Trinajstić information content (AvgIpc) is 2.77. The number of piperidine rings is 1. The zero-order valence-electron chi connectivity index (χ0n) is 16.3. The van der Waals surface area contributed by atoms with Crippen LogP contribution in [-0.2, 0) is 4.79 Å². The fourth-order valence-electron chi connectivity index (χ4n) is 3.61. The molecule has 0 saturated carbocycles. The van der Waals surface area contributed by atoms with Crippen molar-refractivity contribution in [3.8, 4) is 11.3 Å². The maximum Gasteiger partial charge on any atom is 0.255 e. The molecule has 0 spiro atoms. The quantitative estimate of drug-likeness (QED) is 0.716. The number of nitrogens with one attached hydrogen (secondary N) is 2. The number of nitrogens with zero attached hydrogens (tertiary/aromatic N) is 3. The lowest BCUT2D eigenvalue weighted by molar-refractivity contribution is -0.120. The average molecular weight is 389 g/mol. The van der Waals surface area contributed by atoms with Crippen LogP contribution in [0.3, 0.4) is 0 Å². The molecule has 1 aliphatic heterocycles. The number of anilines is 2. The van der Waals surface area contributed by atoms with Crippen LogP contribution >= 0.6 is 0 Å². The van der Waals surface area contributed by atoms with Gasteiger partial charge in [0.1, 0.15) is 0 Å². The van der Waals surface area contributed by atoms with Crippen LogP contribution in [0.15, 0.2) is 59.7 Å². The van der Waals surface area contributed by atoms with Gasteiger partial charge in [0, 0.05) is 42.3 Å². The SMILES string of the molecule is Cc1c(-c2ccncc2)nc(N2CCCC(C(=O)Nc3ccccc3)C2)[nH]c1=O. The monoisotopic (exact) mass is 389 g/mol. The highest BCUT2D eigenvalue weighted by Crippen LogP contribution is 2.24. The molecule has 0 bridgehead atoms. The second kappa shape index (κ2) is 8.26. The lowest BCUT2D eigenvalue weighted by atomic mass is 9.97. The van der Waals surface area contributed by atoms with Crippen LogP contribution in [-0.4, -0.2) is 33.9 Å². The molecular weight excluding hydrogens is 366 g/mol. The Morgan fingerprint density at radius 2 is 1.93 bits per heavy atom. The van der Waals surface area contributed by atoms with E-state index in [1.165, 1.54) is 0 Å². The summed E-state index contributed by atoms with van der Waals surface area (Å²) in [6.07, 6.45) is 5.03. The van der Waals surface area contributed by atoms with E-state index in [-0.39, 0.29) is 17.4 Å². The Balaban J connectivity index is 1.56. The first-order chi connectivity index (χ1) is 14.1. The molecule has 1 amide bonds. The first kappa shape index (κ1) is 18.9. The lowest BCUT2D eigenvalue weighted by Crippen LogP contribution is -2.42. The number of aromatic nitrogens is 3. The Labute approximate surface area is 168 Å². The van der Waals surface area contributed by atoms with E-state index in [2.05, 4.69) is 15.3 Å². The zero-order chi connectivity index (χ0) is 20.2. The lowest BCUT2D eigenvalue weighted by Gasteiger charge is -2.32. The van der Waals surface area contributed by atoms with Gasteiger partial charge in [0.25, 0.3) is 5.56 Å². The number of amides is 1. The van der Waals surface area contributed by atoms with Crippen LogP contribution in [0, 0.1) is 12.8 Å². The number of carbonyl (C=O) groups excluding carboxylic acids is 1. The van der Waals surface area contributed by atoms with Gasteiger partial charge in [-0.3, -0.25) is 19.6 Å². The van der Waals surface area contributed by atoms with Gasteiger partial charge >= 0.3 is 0 Å². The number of para-hydroxylation sites is 1. The Hall–Kier alpha value is -3.48. The summed E-state index contributed by atoms with van der Waals surface area (Å²) in [5.74, 6) is 0.328. The predicted molar refractivity (Wildman–Crippen MR) is 113 cm³/mol. The number of benzene rings is 1. The molecule has 1 atom stereocenters. The van der Waals surface area contributed by atoms with Gasteiger partial charge in [-0.2, -0.15) is 0 Å². The molecule has 3 heterocycles. The Kier molecular flexibility index (Phi) is 5.37. The molecule has 1 saturated heterocycles. The molecule has 1 unspecified atom stereocenters. The molecule has 148 valence electrons. The van der Waals surface area contributed by atoms with Crippen LogP contribution in [0.5, 0.6) is 0 Å². The number of H-pyrrole nitrogens is 1. The van der Waals surface area contributed by atoms with Gasteiger partial charge < -0.3 is 10.2 Å². The van der Waals surface area contributed by atoms with Crippen LogP contribution < -0.4 is 15.8 Å². The molecule has 0 aliphatic carbocycles. The normalized spacial score (nSPS) is 16.4. The van der Waals surface area contributed by atoms with E-state index in [0.29, 0.717) is 23.8 Å². The minimum atomic E-state index is -0.169. The van der Waals surface area contributed by atoms with Crippen molar-refractivity contribution in [1.82, 2.24) is 15.0 Å². The summed E-state index contributed by atoms with van der Waals surface area (Å²) >= 11 is 0. The second-order valence-corrected chi connectivity index (χ2v) is 7.24. The highest BCUT2D eigenvalue weighted by Gasteiger charge is 2.27. The van der Waals surface area contributed by atoms with E-state index < -0.39 is 0 Å². The van der Waals surface area contributed by atoms with Crippen molar-refractivity contribution >= 4 is 17.5 Å². The summed E-state index contributed by atoms with van der Waals surface area (Å²) in [6, 6.07) is 13.1. The van der Waals surface area contributed by atoms with E-state index in [1.807, 2.05) is 47.4 Å². The van der Waals surface area contributed by atoms with Crippen molar-refractivity contribution in [2.24, 2.45) is 5.92 Å². The third kappa shape index (κ3) is 4.18. The molecular formula is C22H23N5O2. The minimum absolute atomic E-state index is 0.00952. The van der Waals surface area contributed by atoms with E-state index in [0.717, 1.165) is 30.6 Å². The summed E-state index contributed by atoms with van der Waals surface area (Å²) in [5, 5.41) is 2.98. The third-order valence-electron chi connectivity index (χ3n) is 5.23. The maximum absolute atomic E-state index is 12.7. The number of aromatic amines is 1. The fourth-order valence-corrected chi connectivity index (χ4v) is 3.61. The third-order valence-corrected chi connectivity index (χ3v) is 5.23. The van der Waals surface area contributed by atoms with Crippen LogP contribution in [0.2, 0.25) is 0 Å². The molecule has 4 rings (SSSR count). The molecule has 1 fully saturated rings. The Bertz CT molecular complexity index is 1050. The van der Waals surface area contributed by atoms with Crippen molar-refractivity contribution in [3.05, 3.63) is 70.8 Å². The molecule has 1 aromatic carbocycles.